The summed E-state index contributed by atoms with van der Waals surface area (Å²) in [5.74, 6) is 0.539. The maximum Gasteiger partial charge on any atom is 0.256 e. The molecule has 0 aromatic heterocycles. The number of carbonyl (C=O) groups excluding carboxylic acids is 3. The number of carbonyl (C=O) groups is 3. The van der Waals surface area contributed by atoms with E-state index in [1.807, 2.05) is 25.1 Å². The second-order valence-electron chi connectivity index (χ2n) is 14.6. The van der Waals surface area contributed by atoms with Gasteiger partial charge in [-0.1, -0.05) is 46.2 Å². The highest BCUT2D eigenvalue weighted by Crippen LogP contribution is 2.65. The third kappa shape index (κ3) is 3.59. The summed E-state index contributed by atoms with van der Waals surface area (Å²) in [4.78, 5) is 42.8. The highest BCUT2D eigenvalue weighted by Gasteiger charge is 2.75. The third-order valence-corrected chi connectivity index (χ3v) is 12.6. The summed E-state index contributed by atoms with van der Waals surface area (Å²) < 4.78 is 0. The number of amides is 3. The summed E-state index contributed by atoms with van der Waals surface area (Å²) in [6.07, 6.45) is 9.36. The van der Waals surface area contributed by atoms with Crippen molar-refractivity contribution in [2.45, 2.75) is 115 Å². The first-order valence-corrected chi connectivity index (χ1v) is 16.1. The Kier molecular flexibility index (Phi) is 6.04. The van der Waals surface area contributed by atoms with Crippen LogP contribution in [-0.2, 0) is 38.1 Å². The minimum atomic E-state index is -0.716. The summed E-state index contributed by atoms with van der Waals surface area (Å²) in [5, 5.41) is 13.4. The molecule has 1 spiro atoms. The second kappa shape index (κ2) is 9.17. The van der Waals surface area contributed by atoms with Crippen LogP contribution in [0.25, 0.3) is 0 Å². The molecule has 4 aliphatic carbocycles. The molecule has 0 radical (unpaired) electrons. The van der Waals surface area contributed by atoms with E-state index >= 15 is 0 Å². The first kappa shape index (κ1) is 27.7. The van der Waals surface area contributed by atoms with Crippen molar-refractivity contribution < 1.29 is 19.5 Å². The van der Waals surface area contributed by atoms with Gasteiger partial charge < -0.3 is 10.4 Å². The molecule has 2 aromatic carbocycles. The Bertz CT molecular complexity index is 1520. The van der Waals surface area contributed by atoms with Crippen LogP contribution in [0.2, 0.25) is 0 Å². The lowest BCUT2D eigenvalue weighted by Gasteiger charge is -2.55. The molecule has 0 bridgehead atoms. The van der Waals surface area contributed by atoms with Crippen LogP contribution in [0.5, 0.6) is 5.75 Å². The van der Waals surface area contributed by atoms with E-state index in [1.54, 1.807) is 11.0 Å². The van der Waals surface area contributed by atoms with Crippen LogP contribution in [0, 0.1) is 17.3 Å². The Balaban J connectivity index is 1.22. The number of rotatable bonds is 3. The number of nitrogens with one attached hydrogen (secondary N) is 1. The summed E-state index contributed by atoms with van der Waals surface area (Å²) in [5.41, 5.74) is 4.04. The van der Waals surface area contributed by atoms with E-state index in [-0.39, 0.29) is 46.1 Å². The fraction of sp³-hybridized carbons (Fsp3) is 0.583. The molecule has 42 heavy (non-hydrogen) atoms. The van der Waals surface area contributed by atoms with Gasteiger partial charge in [0.1, 0.15) is 11.3 Å². The normalized spacial score (nSPS) is 36.4. The van der Waals surface area contributed by atoms with Gasteiger partial charge in [0.05, 0.1) is 5.41 Å². The number of anilines is 1. The molecular formula is C36H44N2O4. The average Bonchev–Trinajstić information content (AvgIpc) is 3.54. The Morgan fingerprint density at radius 3 is 2.21 bits per heavy atom. The molecule has 5 aliphatic rings. The molecule has 3 amide bonds. The number of hydrogen-bond donors (Lipinski definition) is 2. The molecule has 2 saturated carbocycles. The SMILES string of the molecule is CCC(=O)Nc1ccc2c(c1)[C@@]1(C)CCC[C@]3(C(=O)N3C(=O)[C@@]3(C)CCC[C@]4(C)c5cc(O)ccc5CC[C@@H]34)C1CC2. The van der Waals surface area contributed by atoms with Gasteiger partial charge in [-0.25, -0.2) is 0 Å². The van der Waals surface area contributed by atoms with Crippen molar-refractivity contribution in [1.29, 1.82) is 0 Å². The van der Waals surface area contributed by atoms with Gasteiger partial charge in [-0.05, 0) is 121 Å². The van der Waals surface area contributed by atoms with Crippen molar-refractivity contribution in [3.63, 3.8) is 0 Å². The van der Waals surface area contributed by atoms with E-state index < -0.39 is 11.0 Å². The molecule has 7 rings (SSSR count). The molecule has 222 valence electrons. The second-order valence-corrected chi connectivity index (χ2v) is 14.6. The molecule has 2 N–H and O–H groups in total. The minimum absolute atomic E-state index is 0.00464. The van der Waals surface area contributed by atoms with E-state index in [0.717, 1.165) is 69.9 Å². The Labute approximate surface area is 249 Å². The molecule has 1 unspecified atom stereocenters. The standard InChI is InChI=1S/C36H44N2O4/c1-5-30(40)37-24-12-8-22-11-15-29-34(3,26(22)20-24)17-7-19-36(29)32(42)38(36)31(41)35(4)18-6-16-33(2)27-21-25(39)13-9-23(27)10-14-28(33)35/h8-9,12-13,20-21,28-29,39H,5-7,10-11,14-19H2,1-4H3,(H,37,40)/t28-,29?,33-,34-,35+,36-,38?/m1/s1. The van der Waals surface area contributed by atoms with E-state index in [1.165, 1.54) is 22.3 Å². The zero-order valence-electron chi connectivity index (χ0n) is 25.5. The Morgan fingerprint density at radius 1 is 0.881 bits per heavy atom. The quantitative estimate of drug-likeness (QED) is 0.324. The maximum absolute atomic E-state index is 14.8. The van der Waals surface area contributed by atoms with Crippen LogP contribution in [0.3, 0.4) is 0 Å². The topological polar surface area (TPSA) is 86.5 Å². The fourth-order valence-corrected chi connectivity index (χ4v) is 10.5. The maximum atomic E-state index is 14.8. The van der Waals surface area contributed by atoms with Gasteiger partial charge in [0, 0.05) is 18.0 Å². The summed E-state index contributed by atoms with van der Waals surface area (Å²) >= 11 is 0. The number of nitrogens with zero attached hydrogens (tertiary/aromatic N) is 1. The Hall–Kier alpha value is -3.15. The largest absolute Gasteiger partial charge is 0.508 e. The van der Waals surface area contributed by atoms with Crippen LogP contribution in [0.15, 0.2) is 36.4 Å². The van der Waals surface area contributed by atoms with Gasteiger partial charge in [0.15, 0.2) is 0 Å². The fourth-order valence-electron chi connectivity index (χ4n) is 10.5. The predicted octanol–water partition coefficient (Wildman–Crippen LogP) is 6.56. The lowest BCUT2D eigenvalue weighted by atomic mass is 9.49. The lowest BCUT2D eigenvalue weighted by Crippen LogP contribution is -2.56. The number of fused-ring (bicyclic) bond motifs is 7. The minimum Gasteiger partial charge on any atom is -0.508 e. The highest BCUT2D eigenvalue weighted by molar-refractivity contribution is 6.17. The van der Waals surface area contributed by atoms with E-state index in [9.17, 15) is 19.5 Å². The molecule has 1 saturated heterocycles. The number of phenolic OH excluding ortho intramolecular Hbond substituents is 1. The smallest absolute Gasteiger partial charge is 0.256 e. The van der Waals surface area contributed by atoms with E-state index in [2.05, 4.69) is 38.2 Å². The van der Waals surface area contributed by atoms with Crippen molar-refractivity contribution in [1.82, 2.24) is 4.90 Å². The molecule has 3 fully saturated rings. The van der Waals surface area contributed by atoms with Crippen LogP contribution in [0.4, 0.5) is 5.69 Å². The van der Waals surface area contributed by atoms with Gasteiger partial charge >= 0.3 is 0 Å². The first-order chi connectivity index (χ1) is 20.0. The molecule has 6 nitrogen and oxygen atoms in total. The van der Waals surface area contributed by atoms with Crippen LogP contribution >= 0.6 is 0 Å². The zero-order chi connectivity index (χ0) is 29.7. The van der Waals surface area contributed by atoms with Gasteiger partial charge in [-0.3, -0.25) is 19.3 Å². The van der Waals surface area contributed by atoms with Crippen molar-refractivity contribution in [2.75, 3.05) is 5.32 Å². The van der Waals surface area contributed by atoms with Crippen molar-refractivity contribution >= 4 is 23.4 Å². The summed E-state index contributed by atoms with van der Waals surface area (Å²) in [6.45, 7) is 8.56. The van der Waals surface area contributed by atoms with Crippen LogP contribution in [0.1, 0.15) is 108 Å². The summed E-state index contributed by atoms with van der Waals surface area (Å²) in [6, 6.07) is 12.0. The van der Waals surface area contributed by atoms with Gasteiger partial charge in [0.2, 0.25) is 11.8 Å². The highest BCUT2D eigenvalue weighted by atomic mass is 16.3. The molecular weight excluding hydrogens is 524 g/mol. The number of aryl methyl sites for hydroxylation is 2. The van der Waals surface area contributed by atoms with E-state index in [4.69, 9.17) is 0 Å². The van der Waals surface area contributed by atoms with Gasteiger partial charge in [0.25, 0.3) is 5.91 Å². The molecule has 2 aromatic rings. The number of benzene rings is 2. The predicted molar refractivity (Wildman–Crippen MR) is 162 cm³/mol. The number of aromatic hydroxyl groups is 1. The van der Waals surface area contributed by atoms with Gasteiger partial charge in [-0.15, -0.1) is 0 Å². The number of phenols is 1. The van der Waals surface area contributed by atoms with Crippen molar-refractivity contribution in [3.8, 4) is 5.75 Å². The molecule has 6 heteroatoms. The molecule has 1 heterocycles. The number of hydrogen-bond acceptors (Lipinski definition) is 4. The Morgan fingerprint density at radius 2 is 1.50 bits per heavy atom. The third-order valence-electron chi connectivity index (χ3n) is 12.6. The van der Waals surface area contributed by atoms with Crippen molar-refractivity contribution in [2.24, 2.45) is 17.3 Å². The van der Waals surface area contributed by atoms with E-state index in [0.29, 0.717) is 6.42 Å². The molecule has 1 aliphatic heterocycles. The first-order valence-electron chi connectivity index (χ1n) is 16.1. The van der Waals surface area contributed by atoms with Crippen LogP contribution in [-0.4, -0.2) is 33.3 Å². The summed E-state index contributed by atoms with van der Waals surface area (Å²) in [7, 11) is 0. The lowest BCUT2D eigenvalue weighted by molar-refractivity contribution is -0.148. The molecule has 6 atom stereocenters. The van der Waals surface area contributed by atoms with Gasteiger partial charge in [-0.2, -0.15) is 0 Å². The van der Waals surface area contributed by atoms with Crippen molar-refractivity contribution in [3.05, 3.63) is 58.7 Å². The monoisotopic (exact) mass is 568 g/mol. The zero-order valence-corrected chi connectivity index (χ0v) is 25.5. The number of imide groups is 1. The van der Waals surface area contributed by atoms with Crippen LogP contribution < -0.4 is 5.32 Å². The average molecular weight is 569 g/mol.